The molecule has 1 rings (SSSR count). The van der Waals surface area contributed by atoms with E-state index in [1.165, 1.54) is 33.5 Å². The Labute approximate surface area is 118 Å². The number of alkyl halides is 3. The predicted molar refractivity (Wildman–Crippen MR) is 65.6 cm³/mol. The van der Waals surface area contributed by atoms with Gasteiger partial charge in [-0.2, -0.15) is 13.2 Å². The maximum Gasteiger partial charge on any atom is 0.414 e. The molecule has 1 aromatic rings. The molecule has 0 aliphatic rings. The van der Waals surface area contributed by atoms with Gasteiger partial charge in [0.25, 0.3) is 5.91 Å². The van der Waals surface area contributed by atoms with Gasteiger partial charge in [0.2, 0.25) is 0 Å². The Balaban J connectivity index is 2.92. The van der Waals surface area contributed by atoms with Crippen molar-refractivity contribution >= 4 is 5.91 Å². The zero-order chi connectivity index (χ0) is 16.0. The normalized spacial score (nSPS) is 11.0. The van der Waals surface area contributed by atoms with E-state index in [4.69, 9.17) is 14.2 Å². The van der Waals surface area contributed by atoms with Crippen LogP contribution in [-0.2, 0) is 4.84 Å². The molecule has 118 valence electrons. The molecule has 0 heterocycles. The molecule has 0 spiro atoms. The summed E-state index contributed by atoms with van der Waals surface area (Å²) in [6, 6.07) is 2.64. The van der Waals surface area contributed by atoms with Crippen LogP contribution in [0, 0.1) is 0 Å². The fourth-order valence-electron chi connectivity index (χ4n) is 1.45. The Morgan fingerprint density at radius 2 is 1.57 bits per heavy atom. The second-order valence-electron chi connectivity index (χ2n) is 3.74. The molecule has 0 saturated heterocycles. The van der Waals surface area contributed by atoms with Crippen molar-refractivity contribution < 1.29 is 37.0 Å². The summed E-state index contributed by atoms with van der Waals surface area (Å²) in [4.78, 5) is 15.9. The predicted octanol–water partition coefficient (Wildman–Crippen LogP) is 1.94. The first-order chi connectivity index (χ1) is 9.82. The second kappa shape index (κ2) is 7.02. The highest BCUT2D eigenvalue weighted by Crippen LogP contribution is 2.34. The largest absolute Gasteiger partial charge is 0.496 e. The number of benzene rings is 1. The third kappa shape index (κ3) is 4.71. The lowest BCUT2D eigenvalue weighted by atomic mass is 10.1. The second-order valence-corrected chi connectivity index (χ2v) is 3.74. The number of carbonyl (C=O) groups excluding carboxylic acids is 1. The Morgan fingerprint density at radius 1 is 1.05 bits per heavy atom. The van der Waals surface area contributed by atoms with E-state index in [1.54, 1.807) is 5.48 Å². The molecule has 21 heavy (non-hydrogen) atoms. The van der Waals surface area contributed by atoms with Gasteiger partial charge < -0.3 is 14.2 Å². The maximum absolute atomic E-state index is 11.9. The average Bonchev–Trinajstić information content (AvgIpc) is 2.44. The number of amides is 1. The van der Waals surface area contributed by atoms with Crippen molar-refractivity contribution in [2.75, 3.05) is 27.9 Å². The van der Waals surface area contributed by atoms with Gasteiger partial charge in [-0.05, 0) is 0 Å². The van der Waals surface area contributed by atoms with E-state index in [-0.39, 0.29) is 17.1 Å². The lowest BCUT2D eigenvalue weighted by molar-refractivity contribution is -0.184. The third-order valence-electron chi connectivity index (χ3n) is 2.35. The molecule has 0 bridgehead atoms. The van der Waals surface area contributed by atoms with Crippen molar-refractivity contribution in [1.29, 1.82) is 0 Å². The van der Waals surface area contributed by atoms with Gasteiger partial charge in [0.05, 0.1) is 26.9 Å². The quantitative estimate of drug-likeness (QED) is 0.814. The lowest BCUT2D eigenvalue weighted by Crippen LogP contribution is -2.29. The summed E-state index contributed by atoms with van der Waals surface area (Å²) in [5.74, 6) is -0.279. The fourth-order valence-corrected chi connectivity index (χ4v) is 1.45. The Bertz CT molecular complexity index is 504. The number of hydrogen-bond acceptors (Lipinski definition) is 5. The first kappa shape index (κ1) is 16.9. The van der Waals surface area contributed by atoms with Crippen molar-refractivity contribution in [1.82, 2.24) is 5.48 Å². The number of carbonyl (C=O) groups is 1. The van der Waals surface area contributed by atoms with E-state index in [0.29, 0.717) is 5.75 Å². The van der Waals surface area contributed by atoms with Crippen LogP contribution in [0.25, 0.3) is 0 Å². The van der Waals surface area contributed by atoms with Crippen molar-refractivity contribution in [2.24, 2.45) is 0 Å². The van der Waals surface area contributed by atoms with Crippen molar-refractivity contribution in [3.63, 3.8) is 0 Å². The molecule has 0 aliphatic heterocycles. The van der Waals surface area contributed by atoms with Gasteiger partial charge in [-0.25, -0.2) is 5.48 Å². The van der Waals surface area contributed by atoms with Crippen LogP contribution in [0.3, 0.4) is 0 Å². The summed E-state index contributed by atoms with van der Waals surface area (Å²) in [6.45, 7) is -1.60. The van der Waals surface area contributed by atoms with Gasteiger partial charge in [-0.1, -0.05) is 0 Å². The summed E-state index contributed by atoms with van der Waals surface area (Å²) < 4.78 is 50.8. The molecule has 0 radical (unpaired) electrons. The summed E-state index contributed by atoms with van der Waals surface area (Å²) in [5, 5.41) is 0. The molecule has 0 unspecified atom stereocenters. The lowest BCUT2D eigenvalue weighted by Gasteiger charge is -2.14. The Hall–Kier alpha value is -2.16. The summed E-state index contributed by atoms with van der Waals surface area (Å²) in [7, 11) is 4.05. The van der Waals surface area contributed by atoms with Crippen LogP contribution in [0.15, 0.2) is 12.1 Å². The van der Waals surface area contributed by atoms with Gasteiger partial charge in [-0.15, -0.1) is 0 Å². The Kier molecular flexibility index (Phi) is 5.65. The molecular weight excluding hydrogens is 295 g/mol. The zero-order valence-electron chi connectivity index (χ0n) is 11.5. The standard InChI is InChI=1S/C12H14F3NO5/c1-18-8-5-10(20-3)9(19-2)4-7(8)11(17)16-21-6-12(13,14)15/h4-5H,6H2,1-3H3,(H,16,17). The van der Waals surface area contributed by atoms with Gasteiger partial charge in [0, 0.05) is 12.1 Å². The zero-order valence-corrected chi connectivity index (χ0v) is 11.5. The summed E-state index contributed by atoms with van der Waals surface area (Å²) in [5.41, 5.74) is 1.63. The van der Waals surface area contributed by atoms with Gasteiger partial charge in [0.15, 0.2) is 18.1 Å². The number of ether oxygens (including phenoxy) is 3. The Morgan fingerprint density at radius 3 is 2.05 bits per heavy atom. The number of nitrogens with one attached hydrogen (secondary N) is 1. The smallest absolute Gasteiger partial charge is 0.414 e. The first-order valence-corrected chi connectivity index (χ1v) is 5.61. The van der Waals surface area contributed by atoms with Crippen LogP contribution in [0.4, 0.5) is 13.2 Å². The van der Waals surface area contributed by atoms with E-state index in [0.717, 1.165) is 0 Å². The van der Waals surface area contributed by atoms with Crippen LogP contribution >= 0.6 is 0 Å². The number of methoxy groups -OCH3 is 3. The van der Waals surface area contributed by atoms with Gasteiger partial charge >= 0.3 is 6.18 Å². The molecule has 9 heteroatoms. The van der Waals surface area contributed by atoms with E-state index in [9.17, 15) is 18.0 Å². The monoisotopic (exact) mass is 309 g/mol. The van der Waals surface area contributed by atoms with Gasteiger partial charge in [0.1, 0.15) is 5.75 Å². The summed E-state index contributed by atoms with van der Waals surface area (Å²) >= 11 is 0. The van der Waals surface area contributed by atoms with Crippen LogP contribution in [0.5, 0.6) is 17.2 Å². The summed E-state index contributed by atoms with van der Waals surface area (Å²) in [6.07, 6.45) is -4.55. The minimum atomic E-state index is -4.55. The highest BCUT2D eigenvalue weighted by Gasteiger charge is 2.28. The fraction of sp³-hybridized carbons (Fsp3) is 0.417. The number of hydroxylamine groups is 1. The van der Waals surface area contributed by atoms with Crippen LogP contribution in [-0.4, -0.2) is 40.0 Å². The SMILES string of the molecule is COc1cc(OC)c(C(=O)NOCC(F)(F)F)cc1OC. The molecule has 0 fully saturated rings. The number of hydrogen-bond donors (Lipinski definition) is 1. The molecule has 1 N–H and O–H groups in total. The van der Waals surface area contributed by atoms with Crippen LogP contribution < -0.4 is 19.7 Å². The van der Waals surface area contributed by atoms with E-state index in [1.807, 2.05) is 0 Å². The van der Waals surface area contributed by atoms with E-state index in [2.05, 4.69) is 4.84 Å². The topological polar surface area (TPSA) is 66.0 Å². The molecule has 0 aliphatic carbocycles. The van der Waals surface area contributed by atoms with Crippen molar-refractivity contribution in [3.05, 3.63) is 17.7 Å². The maximum atomic E-state index is 11.9. The third-order valence-corrected chi connectivity index (χ3v) is 2.35. The molecule has 6 nitrogen and oxygen atoms in total. The molecule has 0 aromatic heterocycles. The molecule has 0 atom stereocenters. The minimum absolute atomic E-state index is 0.0580. The van der Waals surface area contributed by atoms with Crippen molar-refractivity contribution in [3.8, 4) is 17.2 Å². The number of halogens is 3. The molecule has 1 aromatic carbocycles. The van der Waals surface area contributed by atoms with Crippen LogP contribution in [0.2, 0.25) is 0 Å². The molecule has 1 amide bonds. The first-order valence-electron chi connectivity index (χ1n) is 5.61. The van der Waals surface area contributed by atoms with E-state index >= 15 is 0 Å². The highest BCUT2D eigenvalue weighted by molar-refractivity contribution is 5.97. The van der Waals surface area contributed by atoms with E-state index < -0.39 is 18.7 Å². The minimum Gasteiger partial charge on any atom is -0.496 e. The molecule has 0 saturated carbocycles. The average molecular weight is 309 g/mol. The highest BCUT2D eigenvalue weighted by atomic mass is 19.4. The van der Waals surface area contributed by atoms with Crippen LogP contribution in [0.1, 0.15) is 10.4 Å². The van der Waals surface area contributed by atoms with Gasteiger partial charge in [-0.3, -0.25) is 9.63 Å². The number of rotatable bonds is 6. The molecular formula is C12H14F3NO5. The van der Waals surface area contributed by atoms with Crippen molar-refractivity contribution in [2.45, 2.75) is 6.18 Å².